The number of allylic oxidation sites excluding steroid dienone is 36. The van der Waals surface area contributed by atoms with Gasteiger partial charge in [-0.25, -0.2) is 0 Å². The molecule has 0 aliphatic carbocycles. The molecule has 0 aromatic heterocycles. The molecule has 0 bridgehead atoms. The molecular formula is C96H156NO8P. The van der Waals surface area contributed by atoms with Crippen molar-refractivity contribution in [2.24, 2.45) is 0 Å². The number of carbonyl (C=O) groups excluding carboxylic acids is 2. The van der Waals surface area contributed by atoms with Crippen LogP contribution in [0.2, 0.25) is 0 Å². The topological polar surface area (TPSA) is 111 Å². The van der Waals surface area contributed by atoms with E-state index in [4.69, 9.17) is 18.5 Å². The Balaban J connectivity index is 4.03. The monoisotopic (exact) mass is 1480 g/mol. The highest BCUT2D eigenvalue weighted by atomic mass is 31.2. The van der Waals surface area contributed by atoms with Gasteiger partial charge in [0.15, 0.2) is 6.10 Å². The molecular weight excluding hydrogens is 1330 g/mol. The van der Waals surface area contributed by atoms with Crippen LogP contribution in [0.5, 0.6) is 0 Å². The molecule has 0 aliphatic rings. The Morgan fingerprint density at radius 1 is 0.292 bits per heavy atom. The average Bonchev–Trinajstić information content (AvgIpc) is 0.908. The number of rotatable bonds is 76. The van der Waals surface area contributed by atoms with E-state index in [2.05, 4.69) is 233 Å². The zero-order valence-corrected chi connectivity index (χ0v) is 69.2. The second kappa shape index (κ2) is 83.4. The molecule has 106 heavy (non-hydrogen) atoms. The van der Waals surface area contributed by atoms with Gasteiger partial charge >= 0.3 is 11.9 Å². The molecule has 9 nitrogen and oxygen atoms in total. The maximum Gasteiger partial charge on any atom is 0.306 e. The number of carbonyl (C=O) groups is 2. The van der Waals surface area contributed by atoms with Gasteiger partial charge < -0.3 is 27.9 Å². The van der Waals surface area contributed by atoms with Crippen LogP contribution in [0.3, 0.4) is 0 Å². The highest BCUT2D eigenvalue weighted by Gasteiger charge is 2.22. The molecule has 2 atom stereocenters. The first-order chi connectivity index (χ1) is 52.0. The van der Waals surface area contributed by atoms with Crippen molar-refractivity contribution in [3.63, 3.8) is 0 Å². The summed E-state index contributed by atoms with van der Waals surface area (Å²) < 4.78 is 34.4. The third-order valence-electron chi connectivity index (χ3n) is 17.5. The predicted octanol–water partition coefficient (Wildman–Crippen LogP) is 28.4. The van der Waals surface area contributed by atoms with E-state index in [9.17, 15) is 19.0 Å². The van der Waals surface area contributed by atoms with E-state index in [1.807, 2.05) is 21.1 Å². The van der Waals surface area contributed by atoms with Crippen molar-refractivity contribution >= 4 is 19.8 Å². The third-order valence-corrected chi connectivity index (χ3v) is 18.5. The van der Waals surface area contributed by atoms with E-state index in [-0.39, 0.29) is 32.0 Å². The molecule has 0 fully saturated rings. The molecule has 0 radical (unpaired) electrons. The highest BCUT2D eigenvalue weighted by molar-refractivity contribution is 7.45. The molecule has 0 spiro atoms. The minimum absolute atomic E-state index is 0.0402. The quantitative estimate of drug-likeness (QED) is 0.0195. The minimum Gasteiger partial charge on any atom is -0.756 e. The zero-order valence-electron chi connectivity index (χ0n) is 68.3. The van der Waals surface area contributed by atoms with Crippen molar-refractivity contribution in [3.8, 4) is 0 Å². The number of ether oxygens (including phenoxy) is 2. The molecule has 2 unspecified atom stereocenters. The van der Waals surface area contributed by atoms with Gasteiger partial charge in [0.05, 0.1) is 27.7 Å². The van der Waals surface area contributed by atoms with Crippen molar-refractivity contribution in [2.75, 3.05) is 47.5 Å². The Morgan fingerprint density at radius 3 is 0.755 bits per heavy atom. The Hall–Kier alpha value is -5.67. The number of hydrogen-bond donors (Lipinski definition) is 0. The average molecular weight is 1480 g/mol. The Morgan fingerprint density at radius 2 is 0.509 bits per heavy atom. The molecule has 598 valence electrons. The first-order valence-electron chi connectivity index (χ1n) is 42.4. The standard InChI is InChI=1S/C96H156NO8P/c1-6-8-10-12-14-16-18-20-22-24-26-28-30-32-34-36-38-40-42-44-46-48-50-52-54-56-58-60-62-64-66-68-70-72-74-76-78-80-82-84-86-88-95(98)102-92-94(93-104-106(100,101)103-91-90-97(3,4)5)105-96(99)89-87-85-83-81-79-77-75-73-71-69-67-65-63-61-59-57-55-53-51-49-47-45-43-41-39-37-35-33-31-29-27-25-23-21-19-17-15-13-11-9-7-2/h8-11,14-17,20-23,26-29,32-35,38-41,44-47,50-53,57,59,63,65,94H,6-7,12-13,18-19,24-25,30-31,36-37,42-43,48-49,54-56,58,60-62,64,66-93H2,1-5H3/b10-8-,11-9-,16-14-,17-15-,22-20-,23-21-,28-26-,29-27-,34-32-,35-33-,40-38-,41-39-,46-44-,47-45-,52-50-,53-51-,59-57-,65-63-. The molecule has 0 aromatic rings. The summed E-state index contributed by atoms with van der Waals surface area (Å²) in [5.41, 5.74) is 0. The van der Waals surface area contributed by atoms with Gasteiger partial charge in [-0.1, -0.05) is 374 Å². The minimum atomic E-state index is -4.66. The number of hydrogen-bond acceptors (Lipinski definition) is 8. The molecule has 0 saturated carbocycles. The van der Waals surface area contributed by atoms with Crippen LogP contribution in [-0.4, -0.2) is 70.0 Å². The Labute approximate surface area is 652 Å². The number of nitrogens with zero attached hydrogens (tertiary/aromatic N) is 1. The first-order valence-corrected chi connectivity index (χ1v) is 43.9. The first kappa shape index (κ1) is 100. The predicted molar refractivity (Wildman–Crippen MR) is 461 cm³/mol. The molecule has 0 saturated heterocycles. The van der Waals surface area contributed by atoms with Gasteiger partial charge in [0, 0.05) is 12.8 Å². The zero-order chi connectivity index (χ0) is 76.8. The van der Waals surface area contributed by atoms with E-state index >= 15 is 0 Å². The smallest absolute Gasteiger partial charge is 0.306 e. The largest absolute Gasteiger partial charge is 0.756 e. The summed E-state index contributed by atoms with van der Waals surface area (Å²) >= 11 is 0. The summed E-state index contributed by atoms with van der Waals surface area (Å²) in [5, 5.41) is 0. The van der Waals surface area contributed by atoms with Gasteiger partial charge in [0.1, 0.15) is 19.8 Å². The molecule has 0 aliphatic heterocycles. The Bertz CT molecular complexity index is 2610. The van der Waals surface area contributed by atoms with Crippen molar-refractivity contribution in [2.45, 2.75) is 328 Å². The molecule has 0 amide bonds. The fourth-order valence-corrected chi connectivity index (χ4v) is 11.8. The van der Waals surface area contributed by atoms with Crippen LogP contribution >= 0.6 is 7.82 Å². The van der Waals surface area contributed by atoms with Crippen LogP contribution in [0.4, 0.5) is 0 Å². The van der Waals surface area contributed by atoms with E-state index in [0.717, 1.165) is 161 Å². The lowest BCUT2D eigenvalue weighted by atomic mass is 10.0. The molecule has 0 N–H and O–H groups in total. The lowest BCUT2D eigenvalue weighted by Crippen LogP contribution is -2.37. The molecule has 0 heterocycles. The van der Waals surface area contributed by atoms with Crippen molar-refractivity contribution in [1.29, 1.82) is 0 Å². The summed E-state index contributed by atoms with van der Waals surface area (Å²) in [5.74, 6) is -0.842. The van der Waals surface area contributed by atoms with Gasteiger partial charge in [-0.05, 0) is 154 Å². The van der Waals surface area contributed by atoms with Gasteiger partial charge in [-0.2, -0.15) is 0 Å². The van der Waals surface area contributed by atoms with Crippen molar-refractivity contribution < 1.29 is 42.1 Å². The summed E-state index contributed by atoms with van der Waals surface area (Å²) in [6.45, 7) is 4.01. The van der Waals surface area contributed by atoms with Crippen LogP contribution in [0, 0.1) is 0 Å². The van der Waals surface area contributed by atoms with Gasteiger partial charge in [0.25, 0.3) is 7.82 Å². The van der Waals surface area contributed by atoms with Crippen LogP contribution in [0.1, 0.15) is 322 Å². The van der Waals surface area contributed by atoms with Gasteiger partial charge in [0.2, 0.25) is 0 Å². The second-order valence-corrected chi connectivity index (χ2v) is 30.1. The number of esters is 2. The SMILES string of the molecule is CC/C=C\C/C=C\C/C=C\C/C=C\C/C=C\C/C=C\C/C=C\C/C=C\C/C=C\C/C=C\CCCCCCCCCCCCC(=O)OC(COC(=O)CCCCCCCCCCCCCCCCCC/C=C\C/C=C\C/C=C\C/C=C\C/C=C\C/C=C\C/C=C\C/C=C\CC)COP(=O)([O-])OCC[N+](C)(C)C. The number of phosphoric acid groups is 1. The van der Waals surface area contributed by atoms with Crippen LogP contribution in [0.25, 0.3) is 0 Å². The third kappa shape index (κ3) is 87.2. The number of quaternary nitrogens is 1. The lowest BCUT2D eigenvalue weighted by Gasteiger charge is -2.28. The maximum absolute atomic E-state index is 12.9. The lowest BCUT2D eigenvalue weighted by molar-refractivity contribution is -0.870. The van der Waals surface area contributed by atoms with E-state index < -0.39 is 26.5 Å². The number of unbranched alkanes of at least 4 members (excludes halogenated alkanes) is 26. The highest BCUT2D eigenvalue weighted by Crippen LogP contribution is 2.38. The summed E-state index contributed by atoms with van der Waals surface area (Å²) in [7, 11) is 1.15. The van der Waals surface area contributed by atoms with Gasteiger partial charge in [-0.3, -0.25) is 14.2 Å². The summed E-state index contributed by atoms with van der Waals surface area (Å²) in [6.07, 6.45) is 132. The fraction of sp³-hybridized carbons (Fsp3) is 0.604. The van der Waals surface area contributed by atoms with Crippen LogP contribution in [0.15, 0.2) is 219 Å². The summed E-state index contributed by atoms with van der Waals surface area (Å²) in [4.78, 5) is 38.2. The van der Waals surface area contributed by atoms with E-state index in [0.29, 0.717) is 17.4 Å². The molecule has 0 rings (SSSR count). The number of phosphoric ester groups is 1. The van der Waals surface area contributed by atoms with E-state index in [1.165, 1.54) is 128 Å². The molecule has 0 aromatic carbocycles. The van der Waals surface area contributed by atoms with Crippen molar-refractivity contribution in [1.82, 2.24) is 0 Å². The normalized spacial score (nSPS) is 14.1. The second-order valence-electron chi connectivity index (χ2n) is 28.7. The van der Waals surface area contributed by atoms with Crippen molar-refractivity contribution in [3.05, 3.63) is 219 Å². The van der Waals surface area contributed by atoms with Gasteiger partial charge in [-0.15, -0.1) is 0 Å². The fourth-order valence-electron chi connectivity index (χ4n) is 11.1. The Kier molecular flexibility index (Phi) is 78.9. The number of likely N-dealkylation sites (N-methyl/N-ethyl adjacent to an activating group) is 1. The molecule has 10 heteroatoms. The maximum atomic E-state index is 12.9. The van der Waals surface area contributed by atoms with Crippen LogP contribution < -0.4 is 4.89 Å². The van der Waals surface area contributed by atoms with Crippen LogP contribution in [-0.2, 0) is 32.7 Å². The van der Waals surface area contributed by atoms with E-state index in [1.54, 1.807) is 0 Å². The summed E-state index contributed by atoms with van der Waals surface area (Å²) in [6, 6.07) is 0.